The van der Waals surface area contributed by atoms with E-state index in [0.717, 1.165) is 43.6 Å². The van der Waals surface area contributed by atoms with Crippen molar-refractivity contribution in [1.29, 1.82) is 0 Å². The molecular weight excluding hydrogens is 390 g/mol. The molecule has 1 aliphatic heterocycles. The van der Waals surface area contributed by atoms with Crippen molar-refractivity contribution in [2.45, 2.75) is 25.3 Å². The van der Waals surface area contributed by atoms with E-state index >= 15 is 0 Å². The first-order chi connectivity index (χ1) is 14.6. The molecule has 154 valence electrons. The van der Waals surface area contributed by atoms with E-state index in [1.807, 2.05) is 10.9 Å². The maximum Gasteiger partial charge on any atom is 0.187 e. The van der Waals surface area contributed by atoms with Crippen LogP contribution in [0.15, 0.2) is 36.8 Å². The standard InChI is InChI=1S/C20H20F2N8/c1-28-6-4-14(5-7-28)29-12-13(10-24-29)8-19-23-11-18-20(25-19)30(27-26-18)15-2-3-16(21)17(22)9-15/h2-3,9-12,14H,4-8H2,1H3. The second kappa shape index (κ2) is 7.52. The van der Waals surface area contributed by atoms with Crippen molar-refractivity contribution in [3.05, 3.63) is 59.8 Å². The minimum atomic E-state index is -0.952. The summed E-state index contributed by atoms with van der Waals surface area (Å²) in [6.45, 7) is 2.14. The number of halogens is 2. The lowest BCUT2D eigenvalue weighted by Crippen LogP contribution is -2.31. The minimum Gasteiger partial charge on any atom is -0.306 e. The van der Waals surface area contributed by atoms with Crippen molar-refractivity contribution in [1.82, 2.24) is 39.6 Å². The number of rotatable bonds is 4. The van der Waals surface area contributed by atoms with Gasteiger partial charge in [0.25, 0.3) is 0 Å². The van der Waals surface area contributed by atoms with E-state index in [0.29, 0.717) is 35.1 Å². The van der Waals surface area contributed by atoms with Gasteiger partial charge in [-0.1, -0.05) is 5.21 Å². The highest BCUT2D eigenvalue weighted by Gasteiger charge is 2.19. The molecule has 0 radical (unpaired) electrons. The van der Waals surface area contributed by atoms with Crippen molar-refractivity contribution in [3.8, 4) is 5.69 Å². The number of fused-ring (bicyclic) bond motifs is 1. The fourth-order valence-corrected chi connectivity index (χ4v) is 3.75. The van der Waals surface area contributed by atoms with Gasteiger partial charge in [-0.2, -0.15) is 9.78 Å². The van der Waals surface area contributed by atoms with Gasteiger partial charge in [0.2, 0.25) is 0 Å². The van der Waals surface area contributed by atoms with Crippen LogP contribution in [0.4, 0.5) is 8.78 Å². The Hall–Kier alpha value is -3.27. The molecule has 30 heavy (non-hydrogen) atoms. The highest BCUT2D eigenvalue weighted by Crippen LogP contribution is 2.22. The summed E-state index contributed by atoms with van der Waals surface area (Å²) in [6.07, 6.45) is 8.15. The average molecular weight is 410 g/mol. The Labute approximate surface area is 171 Å². The smallest absolute Gasteiger partial charge is 0.187 e. The molecule has 0 N–H and O–H groups in total. The summed E-state index contributed by atoms with van der Waals surface area (Å²) in [7, 11) is 2.14. The number of nitrogens with zero attached hydrogens (tertiary/aromatic N) is 8. The molecule has 0 amide bonds. The van der Waals surface area contributed by atoms with Crippen LogP contribution in [0.25, 0.3) is 16.9 Å². The maximum atomic E-state index is 13.6. The van der Waals surface area contributed by atoms with Crippen LogP contribution >= 0.6 is 0 Å². The molecular formula is C20H20F2N8. The van der Waals surface area contributed by atoms with E-state index in [4.69, 9.17) is 0 Å². The molecule has 4 heterocycles. The van der Waals surface area contributed by atoms with Crippen molar-refractivity contribution >= 4 is 11.2 Å². The van der Waals surface area contributed by atoms with Gasteiger partial charge in [-0.3, -0.25) is 4.68 Å². The Bertz CT molecular complexity index is 1190. The number of hydrogen-bond donors (Lipinski definition) is 0. The van der Waals surface area contributed by atoms with Gasteiger partial charge in [-0.15, -0.1) is 5.10 Å². The van der Waals surface area contributed by atoms with Crippen LogP contribution in [0.1, 0.15) is 30.3 Å². The Morgan fingerprint density at radius 3 is 2.73 bits per heavy atom. The van der Waals surface area contributed by atoms with Crippen molar-refractivity contribution in [2.75, 3.05) is 20.1 Å². The topological polar surface area (TPSA) is 77.5 Å². The molecule has 0 aliphatic carbocycles. The summed E-state index contributed by atoms with van der Waals surface area (Å²) in [4.78, 5) is 11.3. The number of hydrogen-bond acceptors (Lipinski definition) is 6. The van der Waals surface area contributed by atoms with Gasteiger partial charge in [0, 0.05) is 18.7 Å². The molecule has 3 aromatic heterocycles. The molecule has 1 aromatic carbocycles. The fraction of sp³-hybridized carbons (Fsp3) is 0.350. The second-order valence-corrected chi connectivity index (χ2v) is 7.63. The first-order valence-electron chi connectivity index (χ1n) is 9.81. The van der Waals surface area contributed by atoms with Gasteiger partial charge in [0.15, 0.2) is 22.8 Å². The van der Waals surface area contributed by atoms with Crippen LogP contribution < -0.4 is 0 Å². The van der Waals surface area contributed by atoms with Crippen LogP contribution in [0.2, 0.25) is 0 Å². The van der Waals surface area contributed by atoms with Crippen molar-refractivity contribution in [3.63, 3.8) is 0 Å². The summed E-state index contributed by atoms with van der Waals surface area (Å²) in [5, 5.41) is 12.6. The molecule has 0 unspecified atom stereocenters. The van der Waals surface area contributed by atoms with E-state index in [1.165, 1.54) is 10.7 Å². The fourth-order valence-electron chi connectivity index (χ4n) is 3.75. The zero-order valence-electron chi connectivity index (χ0n) is 16.4. The zero-order chi connectivity index (χ0) is 20.7. The van der Waals surface area contributed by atoms with E-state index in [-0.39, 0.29) is 0 Å². The van der Waals surface area contributed by atoms with Crippen molar-refractivity contribution < 1.29 is 8.78 Å². The average Bonchev–Trinajstić information content (AvgIpc) is 3.38. The molecule has 4 aromatic rings. The summed E-state index contributed by atoms with van der Waals surface area (Å²) >= 11 is 0. The molecule has 0 atom stereocenters. The zero-order valence-corrected chi connectivity index (χ0v) is 16.4. The lowest BCUT2D eigenvalue weighted by Gasteiger charge is -2.28. The van der Waals surface area contributed by atoms with Gasteiger partial charge in [0.1, 0.15) is 5.82 Å². The molecule has 0 bridgehead atoms. The van der Waals surface area contributed by atoms with Crippen LogP contribution in [-0.2, 0) is 6.42 Å². The third-order valence-electron chi connectivity index (χ3n) is 5.47. The van der Waals surface area contributed by atoms with E-state index < -0.39 is 11.6 Å². The predicted octanol–water partition coefficient (Wildman–Crippen LogP) is 2.54. The predicted molar refractivity (Wildman–Crippen MR) is 105 cm³/mol. The highest BCUT2D eigenvalue weighted by molar-refractivity contribution is 5.70. The lowest BCUT2D eigenvalue weighted by atomic mass is 10.1. The molecule has 1 saturated heterocycles. The van der Waals surface area contributed by atoms with Crippen LogP contribution in [0, 0.1) is 11.6 Å². The highest BCUT2D eigenvalue weighted by atomic mass is 19.2. The normalized spacial score (nSPS) is 15.8. The molecule has 8 nitrogen and oxygen atoms in total. The minimum absolute atomic E-state index is 0.344. The van der Waals surface area contributed by atoms with Crippen LogP contribution in [0.5, 0.6) is 0 Å². The molecule has 1 fully saturated rings. The van der Waals surface area contributed by atoms with Gasteiger partial charge in [0.05, 0.1) is 24.1 Å². The Kier molecular flexibility index (Phi) is 4.70. The molecule has 0 spiro atoms. The van der Waals surface area contributed by atoms with E-state index in [2.05, 4.69) is 43.5 Å². The summed E-state index contributed by atoms with van der Waals surface area (Å²) in [5.41, 5.74) is 2.27. The quantitative estimate of drug-likeness (QED) is 0.515. The number of benzene rings is 1. The van der Waals surface area contributed by atoms with E-state index in [1.54, 1.807) is 6.20 Å². The SMILES string of the molecule is CN1CCC(n2cc(Cc3ncc4nnn(-c5ccc(F)c(F)c5)c4n3)cn2)CC1. The largest absolute Gasteiger partial charge is 0.306 e. The third kappa shape index (κ3) is 3.54. The third-order valence-corrected chi connectivity index (χ3v) is 5.47. The first-order valence-corrected chi connectivity index (χ1v) is 9.81. The maximum absolute atomic E-state index is 13.6. The van der Waals surface area contributed by atoms with E-state index in [9.17, 15) is 8.78 Å². The monoisotopic (exact) mass is 410 g/mol. The van der Waals surface area contributed by atoms with Gasteiger partial charge < -0.3 is 4.90 Å². The summed E-state index contributed by atoms with van der Waals surface area (Å²) < 4.78 is 30.3. The van der Waals surface area contributed by atoms with Crippen LogP contribution in [0.3, 0.4) is 0 Å². The lowest BCUT2D eigenvalue weighted by molar-refractivity contribution is 0.212. The second-order valence-electron chi connectivity index (χ2n) is 7.63. The Morgan fingerprint density at radius 2 is 1.93 bits per heavy atom. The summed E-state index contributed by atoms with van der Waals surface area (Å²) in [5.74, 6) is -1.29. The number of aromatic nitrogens is 7. The summed E-state index contributed by atoms with van der Waals surface area (Å²) in [6, 6.07) is 3.96. The van der Waals surface area contributed by atoms with Gasteiger partial charge in [-0.05, 0) is 50.7 Å². The van der Waals surface area contributed by atoms with Crippen LogP contribution in [-0.4, -0.2) is 59.8 Å². The molecule has 1 aliphatic rings. The number of likely N-dealkylation sites (tertiary alicyclic amines) is 1. The van der Waals surface area contributed by atoms with Crippen molar-refractivity contribution in [2.24, 2.45) is 0 Å². The molecule has 5 rings (SSSR count). The first kappa shape index (κ1) is 18.7. The number of piperidine rings is 1. The molecule has 0 saturated carbocycles. The molecule has 10 heteroatoms. The van der Waals surface area contributed by atoms with Gasteiger partial charge in [-0.25, -0.2) is 18.7 Å². The van der Waals surface area contributed by atoms with Gasteiger partial charge >= 0.3 is 0 Å². The Balaban J connectivity index is 1.40. The Morgan fingerprint density at radius 1 is 1.10 bits per heavy atom.